The molecule has 2 nitrogen and oxygen atoms in total. The highest BCUT2D eigenvalue weighted by atomic mass is 32.1. The molecule has 14 heavy (non-hydrogen) atoms. The second-order valence-electron chi connectivity index (χ2n) is 3.74. The molecule has 3 heteroatoms. The molecule has 1 aromatic rings. The SMILES string of the molecule is CC(=O)N1CCCC[C@@H]1c1cccs1. The van der Waals surface area contributed by atoms with E-state index in [1.54, 1.807) is 18.3 Å². The Kier molecular flexibility index (Phi) is 2.87. The Morgan fingerprint density at radius 1 is 1.57 bits per heavy atom. The van der Waals surface area contributed by atoms with Crippen LogP contribution in [0.3, 0.4) is 0 Å². The van der Waals surface area contributed by atoms with Gasteiger partial charge in [0.25, 0.3) is 0 Å². The lowest BCUT2D eigenvalue weighted by molar-refractivity contribution is -0.132. The number of amides is 1. The van der Waals surface area contributed by atoms with Crippen LogP contribution in [0.4, 0.5) is 0 Å². The summed E-state index contributed by atoms with van der Waals surface area (Å²) >= 11 is 1.76. The van der Waals surface area contributed by atoms with Gasteiger partial charge in [0, 0.05) is 18.3 Å². The standard InChI is InChI=1S/C11H15NOS/c1-9(13)12-7-3-2-5-10(12)11-6-4-8-14-11/h4,6,8,10H,2-3,5,7H2,1H3/t10-/m1/s1. The van der Waals surface area contributed by atoms with Crippen LogP contribution in [-0.4, -0.2) is 17.4 Å². The van der Waals surface area contributed by atoms with Crippen LogP contribution in [0.5, 0.6) is 0 Å². The molecule has 0 radical (unpaired) electrons. The van der Waals surface area contributed by atoms with E-state index in [2.05, 4.69) is 17.5 Å². The minimum Gasteiger partial charge on any atom is -0.335 e. The number of rotatable bonds is 1. The summed E-state index contributed by atoms with van der Waals surface area (Å²) in [6.07, 6.45) is 3.52. The molecule has 1 atom stereocenters. The van der Waals surface area contributed by atoms with E-state index < -0.39 is 0 Å². The fraction of sp³-hybridized carbons (Fsp3) is 0.545. The van der Waals surface area contributed by atoms with Gasteiger partial charge in [-0.2, -0.15) is 0 Å². The fourth-order valence-electron chi connectivity index (χ4n) is 2.09. The molecule has 76 valence electrons. The van der Waals surface area contributed by atoms with Crippen LogP contribution < -0.4 is 0 Å². The molecule has 0 saturated carbocycles. The molecule has 1 aliphatic heterocycles. The van der Waals surface area contributed by atoms with E-state index in [1.807, 2.05) is 4.90 Å². The molecule has 1 aliphatic rings. The van der Waals surface area contributed by atoms with Gasteiger partial charge in [0.15, 0.2) is 0 Å². The average molecular weight is 209 g/mol. The zero-order valence-electron chi connectivity index (χ0n) is 8.40. The summed E-state index contributed by atoms with van der Waals surface area (Å²) in [4.78, 5) is 14.8. The minimum absolute atomic E-state index is 0.211. The third-order valence-electron chi connectivity index (χ3n) is 2.78. The van der Waals surface area contributed by atoms with Crippen molar-refractivity contribution in [2.45, 2.75) is 32.2 Å². The molecule has 1 fully saturated rings. The number of piperidine rings is 1. The van der Waals surface area contributed by atoms with E-state index in [9.17, 15) is 4.79 Å². The molecular weight excluding hydrogens is 194 g/mol. The van der Waals surface area contributed by atoms with Gasteiger partial charge >= 0.3 is 0 Å². The Bertz CT molecular complexity index is 307. The van der Waals surface area contributed by atoms with Crippen molar-refractivity contribution in [1.82, 2.24) is 4.90 Å². The van der Waals surface area contributed by atoms with Crippen molar-refractivity contribution >= 4 is 17.2 Å². The van der Waals surface area contributed by atoms with Crippen LogP contribution in [-0.2, 0) is 4.79 Å². The Morgan fingerprint density at radius 2 is 2.43 bits per heavy atom. The first kappa shape index (κ1) is 9.71. The summed E-state index contributed by atoms with van der Waals surface area (Å²) in [7, 11) is 0. The lowest BCUT2D eigenvalue weighted by Gasteiger charge is -2.34. The normalized spacial score (nSPS) is 22.4. The largest absolute Gasteiger partial charge is 0.335 e. The lowest BCUT2D eigenvalue weighted by atomic mass is 10.0. The van der Waals surface area contributed by atoms with E-state index in [0.717, 1.165) is 19.4 Å². The molecule has 0 spiro atoms. The molecule has 0 aliphatic carbocycles. The van der Waals surface area contributed by atoms with Gasteiger partial charge in [-0.25, -0.2) is 0 Å². The number of likely N-dealkylation sites (tertiary alicyclic amines) is 1. The van der Waals surface area contributed by atoms with Gasteiger partial charge in [0.1, 0.15) is 0 Å². The predicted octanol–water partition coefficient (Wildman–Crippen LogP) is 2.82. The first-order valence-electron chi connectivity index (χ1n) is 5.09. The molecule has 2 rings (SSSR count). The molecule has 0 bridgehead atoms. The molecule has 0 unspecified atom stereocenters. The molecule has 0 aromatic carbocycles. The monoisotopic (exact) mass is 209 g/mol. The summed E-state index contributed by atoms with van der Waals surface area (Å²) in [5.74, 6) is 0.211. The van der Waals surface area contributed by atoms with Gasteiger partial charge in [0.05, 0.1) is 6.04 Å². The minimum atomic E-state index is 0.211. The van der Waals surface area contributed by atoms with Crippen molar-refractivity contribution in [3.8, 4) is 0 Å². The maximum absolute atomic E-state index is 11.4. The number of nitrogens with zero attached hydrogens (tertiary/aromatic N) is 1. The highest BCUT2D eigenvalue weighted by Crippen LogP contribution is 2.33. The summed E-state index contributed by atoms with van der Waals surface area (Å²) < 4.78 is 0. The van der Waals surface area contributed by atoms with Crippen molar-refractivity contribution < 1.29 is 4.79 Å². The number of thiophene rings is 1. The van der Waals surface area contributed by atoms with Crippen LogP contribution in [0, 0.1) is 0 Å². The number of hydrogen-bond acceptors (Lipinski definition) is 2. The number of carbonyl (C=O) groups excluding carboxylic acids is 1. The van der Waals surface area contributed by atoms with Gasteiger partial charge in [-0.3, -0.25) is 4.79 Å². The molecule has 0 N–H and O–H groups in total. The Morgan fingerprint density at radius 3 is 3.07 bits per heavy atom. The van der Waals surface area contributed by atoms with Crippen molar-refractivity contribution in [3.05, 3.63) is 22.4 Å². The maximum Gasteiger partial charge on any atom is 0.219 e. The van der Waals surface area contributed by atoms with Crippen LogP contribution >= 0.6 is 11.3 Å². The fourth-order valence-corrected chi connectivity index (χ4v) is 2.96. The first-order valence-corrected chi connectivity index (χ1v) is 5.97. The van der Waals surface area contributed by atoms with Crippen LogP contribution in [0.25, 0.3) is 0 Å². The summed E-state index contributed by atoms with van der Waals surface area (Å²) in [6, 6.07) is 4.55. The van der Waals surface area contributed by atoms with Gasteiger partial charge in [-0.05, 0) is 30.7 Å². The molecule has 1 amide bonds. The first-order chi connectivity index (χ1) is 6.79. The zero-order chi connectivity index (χ0) is 9.97. The summed E-state index contributed by atoms with van der Waals surface area (Å²) in [5.41, 5.74) is 0. The van der Waals surface area contributed by atoms with Crippen molar-refractivity contribution in [2.75, 3.05) is 6.54 Å². The maximum atomic E-state index is 11.4. The van der Waals surface area contributed by atoms with E-state index in [-0.39, 0.29) is 5.91 Å². The summed E-state index contributed by atoms with van der Waals surface area (Å²) in [5, 5.41) is 2.09. The Hall–Kier alpha value is -0.830. The lowest BCUT2D eigenvalue weighted by Crippen LogP contribution is -2.36. The van der Waals surface area contributed by atoms with E-state index in [4.69, 9.17) is 0 Å². The molecule has 1 aromatic heterocycles. The van der Waals surface area contributed by atoms with Crippen molar-refractivity contribution in [1.29, 1.82) is 0 Å². The van der Waals surface area contributed by atoms with E-state index >= 15 is 0 Å². The topological polar surface area (TPSA) is 20.3 Å². The number of carbonyl (C=O) groups is 1. The molecule has 2 heterocycles. The van der Waals surface area contributed by atoms with Crippen LogP contribution in [0.2, 0.25) is 0 Å². The van der Waals surface area contributed by atoms with Gasteiger partial charge < -0.3 is 4.90 Å². The molecular formula is C11H15NOS. The quantitative estimate of drug-likeness (QED) is 0.696. The number of hydrogen-bond donors (Lipinski definition) is 0. The highest BCUT2D eigenvalue weighted by molar-refractivity contribution is 7.10. The van der Waals surface area contributed by atoms with Crippen LogP contribution in [0.15, 0.2) is 17.5 Å². The third kappa shape index (κ3) is 1.82. The van der Waals surface area contributed by atoms with Gasteiger partial charge in [-0.15, -0.1) is 11.3 Å². The highest BCUT2D eigenvalue weighted by Gasteiger charge is 2.26. The zero-order valence-corrected chi connectivity index (χ0v) is 9.22. The average Bonchev–Trinajstić information content (AvgIpc) is 2.70. The Balaban J connectivity index is 2.18. The van der Waals surface area contributed by atoms with Crippen molar-refractivity contribution in [3.63, 3.8) is 0 Å². The second-order valence-corrected chi connectivity index (χ2v) is 4.72. The molecule has 1 saturated heterocycles. The second kappa shape index (κ2) is 4.13. The summed E-state index contributed by atoms with van der Waals surface area (Å²) in [6.45, 7) is 2.60. The Labute approximate surface area is 88.5 Å². The van der Waals surface area contributed by atoms with E-state index in [1.165, 1.54) is 11.3 Å². The van der Waals surface area contributed by atoms with E-state index in [0.29, 0.717) is 6.04 Å². The predicted molar refractivity (Wildman–Crippen MR) is 58.3 cm³/mol. The van der Waals surface area contributed by atoms with Gasteiger partial charge in [0.2, 0.25) is 5.91 Å². The van der Waals surface area contributed by atoms with Crippen LogP contribution in [0.1, 0.15) is 37.1 Å². The van der Waals surface area contributed by atoms with Crippen molar-refractivity contribution in [2.24, 2.45) is 0 Å². The smallest absolute Gasteiger partial charge is 0.219 e. The van der Waals surface area contributed by atoms with Gasteiger partial charge in [-0.1, -0.05) is 6.07 Å². The third-order valence-corrected chi connectivity index (χ3v) is 3.75.